The highest BCUT2D eigenvalue weighted by atomic mass is 32.2. The summed E-state index contributed by atoms with van der Waals surface area (Å²) in [7, 11) is -3.20. The summed E-state index contributed by atoms with van der Waals surface area (Å²) in [4.78, 5) is 18.8. The van der Waals surface area contributed by atoms with Crippen molar-refractivity contribution in [3.63, 3.8) is 0 Å². The van der Waals surface area contributed by atoms with Crippen molar-refractivity contribution in [2.45, 2.75) is 25.4 Å². The molecule has 1 atom stereocenters. The molecule has 0 radical (unpaired) electrons. The van der Waals surface area contributed by atoms with Gasteiger partial charge in [0.25, 0.3) is 5.91 Å². The lowest BCUT2D eigenvalue weighted by atomic mass is 9.97. The highest BCUT2D eigenvalue weighted by Gasteiger charge is 2.33. The number of aryl methyl sites for hydroxylation is 1. The molecule has 5 aromatic rings. The summed E-state index contributed by atoms with van der Waals surface area (Å²) < 4.78 is 41.1. The average molecular weight is 555 g/mol. The van der Waals surface area contributed by atoms with Gasteiger partial charge in [0.15, 0.2) is 15.5 Å². The Labute approximate surface area is 231 Å². The largest absolute Gasteiger partial charge is 0.341 e. The first-order valence-corrected chi connectivity index (χ1v) is 14.9. The number of amides is 1. The Kier molecular flexibility index (Phi) is 6.67. The van der Waals surface area contributed by atoms with Crippen molar-refractivity contribution < 1.29 is 17.6 Å². The van der Waals surface area contributed by atoms with Crippen molar-refractivity contribution in [3.05, 3.63) is 119 Å². The average Bonchev–Trinajstić information content (AvgIpc) is 3.50. The van der Waals surface area contributed by atoms with Crippen LogP contribution in [0.5, 0.6) is 0 Å². The molecule has 7 nitrogen and oxygen atoms in total. The van der Waals surface area contributed by atoms with E-state index in [1.54, 1.807) is 35.9 Å². The third-order valence-corrected chi connectivity index (χ3v) is 9.08. The van der Waals surface area contributed by atoms with Gasteiger partial charge in [-0.15, -0.1) is 0 Å². The molecule has 1 N–H and O–H groups in total. The van der Waals surface area contributed by atoms with E-state index in [9.17, 15) is 17.6 Å². The van der Waals surface area contributed by atoms with E-state index in [0.717, 1.165) is 11.1 Å². The fraction of sp³-hybridized carbons (Fsp3) is 0.194. The van der Waals surface area contributed by atoms with Gasteiger partial charge in [0, 0.05) is 5.56 Å². The second-order valence-electron chi connectivity index (χ2n) is 10.0. The molecule has 0 aliphatic carbocycles. The SMILES string of the molecule is Cc1nn(C2CCS(=O)(=O)C2)c2nc(-c3ccccc3F)cc(C(=O)NC(c3ccccc3)c3ccccc3)c12. The Morgan fingerprint density at radius 2 is 1.60 bits per heavy atom. The normalized spacial score (nSPS) is 16.4. The van der Waals surface area contributed by atoms with Crippen molar-refractivity contribution in [1.29, 1.82) is 0 Å². The lowest BCUT2D eigenvalue weighted by Crippen LogP contribution is -2.29. The number of pyridine rings is 1. The molecule has 3 heterocycles. The van der Waals surface area contributed by atoms with Crippen LogP contribution in [0.4, 0.5) is 4.39 Å². The zero-order valence-corrected chi connectivity index (χ0v) is 22.6. The van der Waals surface area contributed by atoms with Gasteiger partial charge in [-0.3, -0.25) is 4.79 Å². The maximum Gasteiger partial charge on any atom is 0.252 e. The Balaban J connectivity index is 1.51. The van der Waals surface area contributed by atoms with E-state index in [-0.39, 0.29) is 28.7 Å². The minimum absolute atomic E-state index is 0.0551. The zero-order valence-electron chi connectivity index (χ0n) is 21.8. The number of fused-ring (bicyclic) bond motifs is 1. The summed E-state index contributed by atoms with van der Waals surface area (Å²) in [5, 5.41) is 8.34. The zero-order chi connectivity index (χ0) is 27.9. The van der Waals surface area contributed by atoms with Gasteiger partial charge in [-0.25, -0.2) is 22.5 Å². The summed E-state index contributed by atoms with van der Waals surface area (Å²) >= 11 is 0. The van der Waals surface area contributed by atoms with Crippen LogP contribution in [0.1, 0.15) is 45.7 Å². The molecule has 0 bridgehead atoms. The third kappa shape index (κ3) is 4.88. The third-order valence-electron chi connectivity index (χ3n) is 7.33. The van der Waals surface area contributed by atoms with Crippen molar-refractivity contribution in [3.8, 4) is 11.3 Å². The minimum atomic E-state index is -3.20. The van der Waals surface area contributed by atoms with Gasteiger partial charge in [-0.2, -0.15) is 5.10 Å². The standard InChI is InChI=1S/C31H27FN4O3S/c1-20-28-25(31(37)34-29(21-10-4-2-5-11-21)22-12-6-3-7-13-22)18-27(24-14-8-9-15-26(24)32)33-30(28)36(35-20)23-16-17-40(38,39)19-23/h2-15,18,23,29H,16-17,19H2,1H3,(H,34,37). The van der Waals surface area contributed by atoms with E-state index in [2.05, 4.69) is 10.4 Å². The number of hydrogen-bond donors (Lipinski definition) is 1. The molecule has 1 fully saturated rings. The second-order valence-corrected chi connectivity index (χ2v) is 12.3. The number of nitrogens with one attached hydrogen (secondary N) is 1. The topological polar surface area (TPSA) is 93.9 Å². The molecule has 6 rings (SSSR count). The van der Waals surface area contributed by atoms with Crippen molar-refractivity contribution in [2.75, 3.05) is 11.5 Å². The smallest absolute Gasteiger partial charge is 0.252 e. The fourth-order valence-electron chi connectivity index (χ4n) is 5.38. The summed E-state index contributed by atoms with van der Waals surface area (Å²) in [6, 6.07) is 26.3. The van der Waals surface area contributed by atoms with Gasteiger partial charge < -0.3 is 5.32 Å². The molecule has 0 spiro atoms. The van der Waals surface area contributed by atoms with Gasteiger partial charge in [0.05, 0.1) is 45.9 Å². The molecule has 1 amide bonds. The number of halogens is 1. The predicted octanol–water partition coefficient (Wildman–Crippen LogP) is 5.42. The Morgan fingerprint density at radius 1 is 0.975 bits per heavy atom. The first-order valence-electron chi connectivity index (χ1n) is 13.1. The number of aromatic nitrogens is 3. The first kappa shape index (κ1) is 25.9. The highest BCUT2D eigenvalue weighted by molar-refractivity contribution is 7.91. The molecule has 9 heteroatoms. The van der Waals surface area contributed by atoms with Crippen LogP contribution in [-0.2, 0) is 9.84 Å². The quantitative estimate of drug-likeness (QED) is 0.302. The summed E-state index contributed by atoms with van der Waals surface area (Å²) in [6.45, 7) is 1.77. The summed E-state index contributed by atoms with van der Waals surface area (Å²) in [5.41, 5.74) is 3.54. The van der Waals surface area contributed by atoms with Crippen LogP contribution in [0.15, 0.2) is 91.0 Å². The van der Waals surface area contributed by atoms with Gasteiger partial charge >= 0.3 is 0 Å². The molecule has 40 heavy (non-hydrogen) atoms. The van der Waals surface area contributed by atoms with E-state index >= 15 is 0 Å². The number of benzene rings is 3. The molecule has 3 aromatic carbocycles. The van der Waals surface area contributed by atoms with E-state index < -0.39 is 27.7 Å². The van der Waals surface area contributed by atoms with E-state index in [4.69, 9.17) is 4.98 Å². The van der Waals surface area contributed by atoms with E-state index in [1.165, 1.54) is 6.07 Å². The molecule has 1 aliphatic heterocycles. The molecule has 2 aromatic heterocycles. The number of carbonyl (C=O) groups is 1. The van der Waals surface area contributed by atoms with Crippen LogP contribution >= 0.6 is 0 Å². The maximum absolute atomic E-state index is 14.9. The van der Waals surface area contributed by atoms with Gasteiger partial charge in [-0.1, -0.05) is 72.8 Å². The lowest BCUT2D eigenvalue weighted by Gasteiger charge is -2.20. The van der Waals surface area contributed by atoms with Crippen LogP contribution in [0.2, 0.25) is 0 Å². The van der Waals surface area contributed by atoms with Crippen molar-refractivity contribution >= 4 is 26.8 Å². The van der Waals surface area contributed by atoms with Gasteiger partial charge in [-0.05, 0) is 42.7 Å². The summed E-state index contributed by atoms with van der Waals surface area (Å²) in [5.74, 6) is -0.836. The Bertz CT molecular complexity index is 1780. The molecular formula is C31H27FN4O3S. The lowest BCUT2D eigenvalue weighted by molar-refractivity contribution is 0.0944. The van der Waals surface area contributed by atoms with E-state index in [1.807, 2.05) is 60.7 Å². The fourth-order valence-corrected chi connectivity index (χ4v) is 7.07. The molecule has 0 saturated carbocycles. The number of sulfone groups is 1. The second kappa shape index (κ2) is 10.3. The predicted molar refractivity (Wildman–Crippen MR) is 152 cm³/mol. The van der Waals surface area contributed by atoms with Gasteiger partial charge in [0.1, 0.15) is 5.82 Å². The Hall–Kier alpha value is -4.37. The number of hydrogen-bond acceptors (Lipinski definition) is 5. The molecule has 1 saturated heterocycles. The monoisotopic (exact) mass is 554 g/mol. The maximum atomic E-state index is 14.9. The molecule has 1 aliphatic rings. The van der Waals surface area contributed by atoms with Crippen LogP contribution in [0.3, 0.4) is 0 Å². The van der Waals surface area contributed by atoms with Crippen LogP contribution in [0, 0.1) is 12.7 Å². The van der Waals surface area contributed by atoms with Crippen LogP contribution < -0.4 is 5.32 Å². The Morgan fingerprint density at radius 3 is 2.20 bits per heavy atom. The van der Waals surface area contributed by atoms with Crippen LogP contribution in [-0.4, -0.2) is 40.6 Å². The first-order chi connectivity index (χ1) is 19.3. The number of nitrogens with zero attached hydrogens (tertiary/aromatic N) is 3. The van der Waals surface area contributed by atoms with Crippen molar-refractivity contribution in [1.82, 2.24) is 20.1 Å². The van der Waals surface area contributed by atoms with Crippen molar-refractivity contribution in [2.24, 2.45) is 0 Å². The number of carbonyl (C=O) groups excluding carboxylic acids is 1. The molecule has 202 valence electrons. The number of rotatable bonds is 6. The van der Waals surface area contributed by atoms with E-state index in [0.29, 0.717) is 28.7 Å². The molecule has 1 unspecified atom stereocenters. The highest BCUT2D eigenvalue weighted by Crippen LogP contribution is 2.33. The van der Waals surface area contributed by atoms with Gasteiger partial charge in [0.2, 0.25) is 0 Å². The summed E-state index contributed by atoms with van der Waals surface area (Å²) in [6.07, 6.45) is 0.399. The molecular weight excluding hydrogens is 527 g/mol. The minimum Gasteiger partial charge on any atom is -0.341 e. The van der Waals surface area contributed by atoms with Crippen LogP contribution in [0.25, 0.3) is 22.3 Å².